The van der Waals surface area contributed by atoms with E-state index in [1.54, 1.807) is 12.1 Å². The summed E-state index contributed by atoms with van der Waals surface area (Å²) in [7, 11) is 1.52. The molecule has 1 saturated carbocycles. The third kappa shape index (κ3) is 3.51. The molecule has 1 amide bonds. The molecule has 0 bridgehead atoms. The Morgan fingerprint density at radius 3 is 2.67 bits per heavy atom. The van der Waals surface area contributed by atoms with Crippen LogP contribution in [0.5, 0.6) is 5.75 Å². The van der Waals surface area contributed by atoms with Crippen molar-refractivity contribution in [2.75, 3.05) is 20.2 Å². The number of piperidine rings is 1. The zero-order valence-corrected chi connectivity index (χ0v) is 17.2. The molecule has 1 aliphatic heterocycles. The van der Waals surface area contributed by atoms with Gasteiger partial charge in [-0.25, -0.2) is 4.98 Å². The van der Waals surface area contributed by atoms with Gasteiger partial charge in [0.2, 0.25) is 0 Å². The van der Waals surface area contributed by atoms with Crippen molar-refractivity contribution in [3.8, 4) is 11.4 Å². The van der Waals surface area contributed by atoms with E-state index in [4.69, 9.17) is 16.3 Å². The maximum absolute atomic E-state index is 13.2. The second kappa shape index (κ2) is 7.67. The summed E-state index contributed by atoms with van der Waals surface area (Å²) in [4.78, 5) is 19.7. The molecule has 1 aromatic carbocycles. The Bertz CT molecular complexity index is 1050. The molecule has 3 heterocycles. The van der Waals surface area contributed by atoms with Gasteiger partial charge in [-0.05, 0) is 42.2 Å². The predicted molar refractivity (Wildman–Crippen MR) is 107 cm³/mol. The summed E-state index contributed by atoms with van der Waals surface area (Å²) in [6.07, 6.45) is 5.47. The number of tetrazole rings is 1. The summed E-state index contributed by atoms with van der Waals surface area (Å²) in [6.45, 7) is 1.27. The Morgan fingerprint density at radius 2 is 2.00 bits per heavy atom. The van der Waals surface area contributed by atoms with E-state index in [9.17, 15) is 4.79 Å². The van der Waals surface area contributed by atoms with Gasteiger partial charge in [-0.3, -0.25) is 9.89 Å². The number of amides is 1. The van der Waals surface area contributed by atoms with E-state index in [2.05, 4.69) is 30.7 Å². The molecule has 2 aromatic heterocycles. The zero-order chi connectivity index (χ0) is 20.7. The van der Waals surface area contributed by atoms with Crippen molar-refractivity contribution in [2.45, 2.75) is 37.5 Å². The van der Waals surface area contributed by atoms with Crippen LogP contribution in [0.1, 0.15) is 59.5 Å². The number of H-pyrrole nitrogens is 1. The Balaban J connectivity index is 1.30. The average Bonchev–Trinajstić information content (AvgIpc) is 3.27. The molecule has 0 radical (unpaired) electrons. The van der Waals surface area contributed by atoms with Crippen LogP contribution >= 0.6 is 11.6 Å². The lowest BCUT2D eigenvalue weighted by atomic mass is 9.95. The summed E-state index contributed by atoms with van der Waals surface area (Å²) in [5.41, 5.74) is 0.971. The number of likely N-dealkylation sites (tertiary alicyclic amines) is 1. The van der Waals surface area contributed by atoms with Crippen LogP contribution in [-0.2, 0) is 0 Å². The van der Waals surface area contributed by atoms with Crippen molar-refractivity contribution in [3.63, 3.8) is 0 Å². The van der Waals surface area contributed by atoms with Gasteiger partial charge in [0.1, 0.15) is 17.9 Å². The number of ether oxygens (including phenoxy) is 1. The van der Waals surface area contributed by atoms with Crippen molar-refractivity contribution in [3.05, 3.63) is 40.7 Å². The van der Waals surface area contributed by atoms with Gasteiger partial charge < -0.3 is 9.64 Å². The largest absolute Gasteiger partial charge is 0.496 e. The van der Waals surface area contributed by atoms with E-state index in [-0.39, 0.29) is 5.91 Å². The molecule has 0 unspecified atom stereocenters. The van der Waals surface area contributed by atoms with Crippen LogP contribution in [0.25, 0.3) is 5.69 Å². The highest BCUT2D eigenvalue weighted by Crippen LogP contribution is 2.39. The number of carbonyl (C=O) groups excluding carboxylic acids is 1. The van der Waals surface area contributed by atoms with Crippen LogP contribution in [0.4, 0.5) is 0 Å². The van der Waals surface area contributed by atoms with Crippen LogP contribution in [0.2, 0.25) is 5.02 Å². The molecular weight excluding hydrogens is 408 g/mol. The molecule has 10 nitrogen and oxygen atoms in total. The van der Waals surface area contributed by atoms with Crippen LogP contribution < -0.4 is 4.74 Å². The quantitative estimate of drug-likeness (QED) is 0.663. The van der Waals surface area contributed by atoms with Gasteiger partial charge in [0, 0.05) is 31.0 Å². The summed E-state index contributed by atoms with van der Waals surface area (Å²) in [5.74, 6) is 3.03. The van der Waals surface area contributed by atoms with E-state index < -0.39 is 0 Å². The first kappa shape index (κ1) is 19.0. The molecule has 1 N–H and O–H groups in total. The first-order valence-electron chi connectivity index (χ1n) is 9.96. The number of nitrogens with one attached hydrogen (secondary N) is 1. The summed E-state index contributed by atoms with van der Waals surface area (Å²) >= 11 is 6.41. The number of methoxy groups -OCH3 is 1. The van der Waals surface area contributed by atoms with Crippen molar-refractivity contribution in [1.29, 1.82) is 0 Å². The minimum Gasteiger partial charge on any atom is -0.496 e. The number of hydrogen-bond donors (Lipinski definition) is 1. The van der Waals surface area contributed by atoms with Gasteiger partial charge in [0.15, 0.2) is 5.82 Å². The van der Waals surface area contributed by atoms with Crippen molar-refractivity contribution in [2.24, 2.45) is 0 Å². The lowest BCUT2D eigenvalue weighted by Crippen LogP contribution is -2.38. The molecule has 1 saturated heterocycles. The second-order valence-electron chi connectivity index (χ2n) is 7.68. The normalized spacial score (nSPS) is 17.3. The van der Waals surface area contributed by atoms with Gasteiger partial charge in [0.25, 0.3) is 5.91 Å². The highest BCUT2D eigenvalue weighted by atomic mass is 35.5. The molecule has 0 atom stereocenters. The molecule has 3 aromatic rings. The number of benzene rings is 1. The van der Waals surface area contributed by atoms with Gasteiger partial charge in [0.05, 0.1) is 23.4 Å². The highest BCUT2D eigenvalue weighted by Gasteiger charge is 2.31. The summed E-state index contributed by atoms with van der Waals surface area (Å²) in [5, 5.41) is 18.9. The monoisotopic (exact) mass is 428 g/mol. The second-order valence-corrected chi connectivity index (χ2v) is 8.09. The highest BCUT2D eigenvalue weighted by molar-refractivity contribution is 6.33. The molecular formula is C19H21ClN8O2. The van der Waals surface area contributed by atoms with Crippen LogP contribution in [0.15, 0.2) is 18.5 Å². The van der Waals surface area contributed by atoms with E-state index in [0.717, 1.165) is 24.5 Å². The topological polar surface area (TPSA) is 115 Å². The SMILES string of the molecule is COc1cc(-n2cnnn2)c(Cl)cc1C(=O)N1CCC(c2nc(C3CC3)n[nH]2)CC1. The van der Waals surface area contributed by atoms with Gasteiger partial charge in [-0.1, -0.05) is 11.6 Å². The third-order valence-electron chi connectivity index (χ3n) is 5.73. The Kier molecular flexibility index (Phi) is 4.86. The van der Waals surface area contributed by atoms with E-state index in [1.165, 1.54) is 31.0 Å². The maximum Gasteiger partial charge on any atom is 0.257 e. The first-order valence-corrected chi connectivity index (χ1v) is 10.3. The number of aromatic amines is 1. The van der Waals surface area contributed by atoms with Crippen LogP contribution in [0, 0.1) is 0 Å². The van der Waals surface area contributed by atoms with Crippen LogP contribution in [-0.4, -0.2) is 66.4 Å². The molecule has 2 aliphatic rings. The minimum absolute atomic E-state index is 0.105. The number of halogens is 1. The van der Waals surface area contributed by atoms with E-state index in [1.807, 2.05) is 4.90 Å². The molecule has 0 spiro atoms. The first-order chi connectivity index (χ1) is 14.6. The number of hydrogen-bond acceptors (Lipinski definition) is 7. The molecule has 11 heteroatoms. The van der Waals surface area contributed by atoms with Crippen LogP contribution in [0.3, 0.4) is 0 Å². The standard InChI is InChI=1S/C19H21ClN8O2/c1-30-16-9-15(28-10-21-25-26-28)14(20)8-13(16)19(29)27-6-4-12(5-7-27)18-22-17(23-24-18)11-2-3-11/h8-12H,2-7H2,1H3,(H,22,23,24). The Labute approximate surface area is 177 Å². The van der Waals surface area contributed by atoms with Crippen molar-refractivity contribution < 1.29 is 9.53 Å². The van der Waals surface area contributed by atoms with Gasteiger partial charge in [-0.2, -0.15) is 9.78 Å². The average molecular weight is 429 g/mol. The zero-order valence-electron chi connectivity index (χ0n) is 16.5. The minimum atomic E-state index is -0.105. The molecule has 156 valence electrons. The lowest BCUT2D eigenvalue weighted by Gasteiger charge is -2.31. The smallest absolute Gasteiger partial charge is 0.257 e. The fourth-order valence-electron chi connectivity index (χ4n) is 3.85. The Hall–Kier alpha value is -3.01. The number of rotatable bonds is 5. The van der Waals surface area contributed by atoms with Gasteiger partial charge >= 0.3 is 0 Å². The molecule has 2 fully saturated rings. The fourth-order valence-corrected chi connectivity index (χ4v) is 4.10. The van der Waals surface area contributed by atoms with Crippen molar-refractivity contribution >= 4 is 17.5 Å². The lowest BCUT2D eigenvalue weighted by molar-refractivity contribution is 0.0707. The van der Waals surface area contributed by atoms with E-state index >= 15 is 0 Å². The molecule has 5 rings (SSSR count). The van der Waals surface area contributed by atoms with Gasteiger partial charge in [-0.15, -0.1) is 5.10 Å². The number of aromatic nitrogens is 7. The number of carbonyl (C=O) groups is 1. The Morgan fingerprint density at radius 1 is 1.20 bits per heavy atom. The fraction of sp³-hybridized carbons (Fsp3) is 0.474. The van der Waals surface area contributed by atoms with E-state index in [0.29, 0.717) is 46.9 Å². The number of nitrogens with zero attached hydrogens (tertiary/aromatic N) is 7. The summed E-state index contributed by atoms with van der Waals surface area (Å²) < 4.78 is 6.89. The maximum atomic E-state index is 13.2. The molecule has 30 heavy (non-hydrogen) atoms. The third-order valence-corrected chi connectivity index (χ3v) is 6.03. The summed E-state index contributed by atoms with van der Waals surface area (Å²) in [6, 6.07) is 3.29. The molecule has 1 aliphatic carbocycles. The predicted octanol–water partition coefficient (Wildman–Crippen LogP) is 2.34. The van der Waals surface area contributed by atoms with Crippen molar-refractivity contribution in [1.82, 2.24) is 40.3 Å².